The van der Waals surface area contributed by atoms with Crippen molar-refractivity contribution in [3.8, 4) is 11.5 Å². The average Bonchev–Trinajstić information content (AvgIpc) is 3.32. The van der Waals surface area contributed by atoms with E-state index in [2.05, 4.69) is 19.2 Å². The van der Waals surface area contributed by atoms with E-state index < -0.39 is 6.04 Å². The number of nitrogens with one attached hydrogen (secondary N) is 1. The van der Waals surface area contributed by atoms with Crippen LogP contribution in [0, 0.1) is 6.92 Å². The first-order valence-electron chi connectivity index (χ1n) is 11.6. The fraction of sp³-hybridized carbons (Fsp3) is 0.241. The summed E-state index contributed by atoms with van der Waals surface area (Å²) in [5.74, 6) is 1.16. The summed E-state index contributed by atoms with van der Waals surface area (Å²) in [6.07, 6.45) is 3.17. The fourth-order valence-corrected chi connectivity index (χ4v) is 3.89. The third kappa shape index (κ3) is 5.72. The summed E-state index contributed by atoms with van der Waals surface area (Å²) in [6.45, 7) is 6.42. The highest BCUT2D eigenvalue weighted by atomic mass is 16.7. The lowest BCUT2D eigenvalue weighted by Gasteiger charge is -2.27. The van der Waals surface area contributed by atoms with Gasteiger partial charge in [-0.2, -0.15) is 0 Å². The van der Waals surface area contributed by atoms with Crippen LogP contribution in [0.5, 0.6) is 11.5 Å². The number of nitrogens with zero attached hydrogens (tertiary/aromatic N) is 1. The summed E-state index contributed by atoms with van der Waals surface area (Å²) >= 11 is 0. The van der Waals surface area contributed by atoms with Gasteiger partial charge in [0, 0.05) is 18.8 Å². The van der Waals surface area contributed by atoms with Crippen LogP contribution in [-0.4, -0.2) is 30.6 Å². The second kappa shape index (κ2) is 10.5. The molecule has 1 aliphatic rings. The van der Waals surface area contributed by atoms with Gasteiger partial charge in [0.1, 0.15) is 6.04 Å². The van der Waals surface area contributed by atoms with Crippen LogP contribution in [0.1, 0.15) is 48.1 Å². The summed E-state index contributed by atoms with van der Waals surface area (Å²) in [6, 6.07) is 20.1. The zero-order valence-electron chi connectivity index (χ0n) is 20.4. The van der Waals surface area contributed by atoms with Gasteiger partial charge in [0.05, 0.1) is 0 Å². The number of ether oxygens (including phenoxy) is 2. The Balaban J connectivity index is 1.54. The molecule has 2 amide bonds. The van der Waals surface area contributed by atoms with Crippen molar-refractivity contribution >= 4 is 23.6 Å². The number of carbonyl (C=O) groups excluding carboxylic acids is 2. The molecule has 4 rings (SSSR count). The van der Waals surface area contributed by atoms with E-state index in [9.17, 15) is 9.59 Å². The number of benzene rings is 3. The van der Waals surface area contributed by atoms with Gasteiger partial charge < -0.3 is 19.7 Å². The number of fused-ring (bicyclic) bond motifs is 1. The number of hydrogen-bond acceptors (Lipinski definition) is 4. The standard InChI is InChI=1S/C29H30N2O4/c1-19(2)22-11-13-24(14-12-22)30-29(33)28(23-9-5-20(3)6-10-23)31(4)27(32)16-8-21-7-15-25-26(17-21)35-18-34-25/h5-17,19,28H,18H2,1-4H3,(H,30,33)/b16-8+. The molecule has 3 aromatic rings. The van der Waals surface area contributed by atoms with Crippen molar-refractivity contribution in [3.05, 3.63) is 95.1 Å². The molecule has 6 nitrogen and oxygen atoms in total. The SMILES string of the molecule is Cc1ccc(C(C(=O)Nc2ccc(C(C)C)cc2)N(C)C(=O)/C=C/c2ccc3c(c2)OCO3)cc1. The Labute approximate surface area is 206 Å². The lowest BCUT2D eigenvalue weighted by atomic mass is 10.0. The van der Waals surface area contributed by atoms with Crippen molar-refractivity contribution < 1.29 is 19.1 Å². The molecule has 6 heteroatoms. The number of anilines is 1. The molecule has 0 fully saturated rings. The van der Waals surface area contributed by atoms with E-state index in [1.54, 1.807) is 13.1 Å². The second-order valence-electron chi connectivity index (χ2n) is 8.97. The van der Waals surface area contributed by atoms with Gasteiger partial charge in [-0.3, -0.25) is 9.59 Å². The van der Waals surface area contributed by atoms with Gasteiger partial charge in [-0.15, -0.1) is 0 Å². The normalized spacial score (nSPS) is 13.2. The smallest absolute Gasteiger partial charge is 0.251 e. The first-order chi connectivity index (χ1) is 16.8. The van der Waals surface area contributed by atoms with E-state index >= 15 is 0 Å². The molecule has 1 aliphatic heterocycles. The third-order valence-electron chi connectivity index (χ3n) is 6.04. The van der Waals surface area contributed by atoms with E-state index in [0.717, 1.165) is 16.7 Å². The largest absolute Gasteiger partial charge is 0.454 e. The first kappa shape index (κ1) is 24.1. The molecule has 1 atom stereocenters. The fourth-order valence-electron chi connectivity index (χ4n) is 3.89. The number of rotatable bonds is 7. The van der Waals surface area contributed by atoms with Gasteiger partial charge in [-0.1, -0.05) is 61.9 Å². The predicted molar refractivity (Wildman–Crippen MR) is 137 cm³/mol. The van der Waals surface area contributed by atoms with Gasteiger partial charge >= 0.3 is 0 Å². The Hall–Kier alpha value is -4.06. The number of hydrogen-bond donors (Lipinski definition) is 1. The highest BCUT2D eigenvalue weighted by molar-refractivity contribution is 6.00. The molecule has 3 aromatic carbocycles. The first-order valence-corrected chi connectivity index (χ1v) is 11.6. The van der Waals surface area contributed by atoms with Crippen LogP contribution in [0.2, 0.25) is 0 Å². The Morgan fingerprint density at radius 1 is 0.914 bits per heavy atom. The lowest BCUT2D eigenvalue weighted by molar-refractivity contribution is -0.133. The Bertz CT molecular complexity index is 1230. The van der Waals surface area contributed by atoms with E-state index in [-0.39, 0.29) is 18.6 Å². The van der Waals surface area contributed by atoms with Crippen LogP contribution in [0.15, 0.2) is 72.8 Å². The molecule has 180 valence electrons. The molecule has 0 bridgehead atoms. The van der Waals surface area contributed by atoms with Crippen molar-refractivity contribution in [1.82, 2.24) is 4.90 Å². The van der Waals surface area contributed by atoms with E-state index in [0.29, 0.717) is 23.1 Å². The topological polar surface area (TPSA) is 67.9 Å². The molecule has 0 aromatic heterocycles. The summed E-state index contributed by atoms with van der Waals surface area (Å²) < 4.78 is 10.7. The van der Waals surface area contributed by atoms with Crippen LogP contribution in [-0.2, 0) is 9.59 Å². The van der Waals surface area contributed by atoms with Gasteiger partial charge in [-0.05, 0) is 59.9 Å². The minimum Gasteiger partial charge on any atom is -0.454 e. The molecular weight excluding hydrogens is 440 g/mol. The zero-order chi connectivity index (χ0) is 24.9. The molecule has 35 heavy (non-hydrogen) atoms. The Kier molecular flexibility index (Phi) is 7.20. The van der Waals surface area contributed by atoms with Gasteiger partial charge in [0.2, 0.25) is 12.7 Å². The number of aryl methyl sites for hydroxylation is 1. The van der Waals surface area contributed by atoms with Crippen molar-refractivity contribution in [1.29, 1.82) is 0 Å². The summed E-state index contributed by atoms with van der Waals surface area (Å²) in [5, 5.41) is 2.97. The molecule has 1 heterocycles. The maximum atomic E-state index is 13.4. The Morgan fingerprint density at radius 3 is 2.26 bits per heavy atom. The second-order valence-corrected chi connectivity index (χ2v) is 8.97. The summed E-state index contributed by atoms with van der Waals surface area (Å²) in [4.78, 5) is 28.0. The van der Waals surface area contributed by atoms with Crippen LogP contribution in [0.4, 0.5) is 5.69 Å². The van der Waals surface area contributed by atoms with Crippen LogP contribution < -0.4 is 14.8 Å². The predicted octanol–water partition coefficient (Wildman–Crippen LogP) is 5.70. The van der Waals surface area contributed by atoms with Crippen molar-refractivity contribution in [2.24, 2.45) is 0 Å². The maximum absolute atomic E-state index is 13.4. The molecule has 0 saturated carbocycles. The molecule has 1 N–H and O–H groups in total. The molecule has 0 radical (unpaired) electrons. The lowest BCUT2D eigenvalue weighted by Crippen LogP contribution is -2.37. The van der Waals surface area contributed by atoms with Crippen LogP contribution in [0.3, 0.4) is 0 Å². The van der Waals surface area contributed by atoms with Gasteiger partial charge in [0.25, 0.3) is 5.91 Å². The zero-order valence-corrected chi connectivity index (χ0v) is 20.4. The quantitative estimate of drug-likeness (QED) is 0.450. The van der Waals surface area contributed by atoms with Crippen molar-refractivity contribution in [2.75, 3.05) is 19.2 Å². The van der Waals surface area contributed by atoms with Crippen molar-refractivity contribution in [2.45, 2.75) is 32.7 Å². The number of carbonyl (C=O) groups is 2. The van der Waals surface area contributed by atoms with Crippen LogP contribution in [0.25, 0.3) is 6.08 Å². The van der Waals surface area contributed by atoms with E-state index in [1.165, 1.54) is 16.5 Å². The highest BCUT2D eigenvalue weighted by Crippen LogP contribution is 2.33. The average molecular weight is 471 g/mol. The monoisotopic (exact) mass is 470 g/mol. The summed E-state index contributed by atoms with van der Waals surface area (Å²) in [5.41, 5.74) is 4.50. The van der Waals surface area contributed by atoms with E-state index in [4.69, 9.17) is 9.47 Å². The molecular formula is C29H30N2O4. The number of likely N-dealkylation sites (N-methyl/N-ethyl adjacent to an activating group) is 1. The van der Waals surface area contributed by atoms with Crippen LogP contribution >= 0.6 is 0 Å². The minimum absolute atomic E-state index is 0.192. The van der Waals surface area contributed by atoms with Gasteiger partial charge in [-0.25, -0.2) is 0 Å². The molecule has 0 saturated heterocycles. The summed E-state index contributed by atoms with van der Waals surface area (Å²) in [7, 11) is 1.64. The molecule has 0 spiro atoms. The minimum atomic E-state index is -0.797. The number of amides is 2. The highest BCUT2D eigenvalue weighted by Gasteiger charge is 2.28. The molecule has 0 aliphatic carbocycles. The van der Waals surface area contributed by atoms with E-state index in [1.807, 2.05) is 73.7 Å². The Morgan fingerprint density at radius 2 is 1.57 bits per heavy atom. The third-order valence-corrected chi connectivity index (χ3v) is 6.04. The van der Waals surface area contributed by atoms with Crippen molar-refractivity contribution in [3.63, 3.8) is 0 Å². The maximum Gasteiger partial charge on any atom is 0.251 e. The van der Waals surface area contributed by atoms with Gasteiger partial charge in [0.15, 0.2) is 11.5 Å². The molecule has 1 unspecified atom stereocenters.